The minimum atomic E-state index is -0.757. The van der Waals surface area contributed by atoms with Crippen molar-refractivity contribution in [1.82, 2.24) is 0 Å². The first-order chi connectivity index (χ1) is 11.7. The summed E-state index contributed by atoms with van der Waals surface area (Å²) in [5.74, 6) is 0.0151. The number of Topliss-reactive ketones (excluding diaryl/α,β-unsaturated/α-hetero) is 1. The monoisotopic (exact) mass is 336 g/mol. The Kier molecular flexibility index (Phi) is 17.8. The maximum atomic E-state index is 11.9. The van der Waals surface area contributed by atoms with Gasteiger partial charge in [0.1, 0.15) is 6.10 Å². The zero-order chi connectivity index (χ0) is 17.9. The largest absolute Gasteiger partial charge is 0.385 e. The fourth-order valence-electron chi connectivity index (χ4n) is 2.65. The van der Waals surface area contributed by atoms with E-state index < -0.39 is 6.10 Å². The van der Waals surface area contributed by atoms with Gasteiger partial charge in [0.2, 0.25) is 0 Å². The summed E-state index contributed by atoms with van der Waals surface area (Å²) in [6.45, 7) is 4.43. The van der Waals surface area contributed by atoms with Crippen molar-refractivity contribution >= 4 is 5.78 Å². The number of hydrogen-bond donors (Lipinski definition) is 1. The van der Waals surface area contributed by atoms with Crippen LogP contribution in [0.4, 0.5) is 0 Å². The smallest absolute Gasteiger partial charge is 0.161 e. The van der Waals surface area contributed by atoms with E-state index in [2.05, 4.69) is 38.2 Å². The van der Waals surface area contributed by atoms with Crippen LogP contribution in [0.15, 0.2) is 24.3 Å². The zero-order valence-corrected chi connectivity index (χ0v) is 16.1. The number of carbonyl (C=O) groups excluding carboxylic acids is 1. The van der Waals surface area contributed by atoms with Crippen molar-refractivity contribution in [3.05, 3.63) is 24.3 Å². The fraction of sp³-hybridized carbons (Fsp3) is 0.773. The van der Waals surface area contributed by atoms with Crippen LogP contribution in [0.2, 0.25) is 0 Å². The number of hydrogen-bond acceptors (Lipinski definition) is 2. The molecule has 0 bridgehead atoms. The molecule has 0 amide bonds. The Balaban J connectivity index is 3.52. The predicted molar refractivity (Wildman–Crippen MR) is 105 cm³/mol. The topological polar surface area (TPSA) is 37.3 Å². The van der Waals surface area contributed by atoms with Crippen molar-refractivity contribution in [3.8, 4) is 0 Å². The highest BCUT2D eigenvalue weighted by Gasteiger charge is 2.13. The number of allylic oxidation sites excluding steroid dienone is 4. The summed E-state index contributed by atoms with van der Waals surface area (Å²) in [5.41, 5.74) is 0. The molecular weight excluding hydrogens is 296 g/mol. The molecule has 1 atom stereocenters. The van der Waals surface area contributed by atoms with Gasteiger partial charge in [0.05, 0.1) is 0 Å². The molecule has 2 nitrogen and oxygen atoms in total. The summed E-state index contributed by atoms with van der Waals surface area (Å²) in [4.78, 5) is 11.9. The zero-order valence-electron chi connectivity index (χ0n) is 16.1. The molecule has 0 aliphatic rings. The molecule has 1 unspecified atom stereocenters. The lowest BCUT2D eigenvalue weighted by atomic mass is 10.0. The molecule has 0 radical (unpaired) electrons. The highest BCUT2D eigenvalue weighted by atomic mass is 16.3. The second-order valence-electron chi connectivity index (χ2n) is 6.74. The van der Waals surface area contributed by atoms with Crippen molar-refractivity contribution in [2.75, 3.05) is 0 Å². The van der Waals surface area contributed by atoms with Crippen LogP contribution in [-0.2, 0) is 4.79 Å². The van der Waals surface area contributed by atoms with E-state index in [1.165, 1.54) is 38.5 Å². The lowest BCUT2D eigenvalue weighted by Gasteiger charge is -2.08. The maximum absolute atomic E-state index is 11.9. The highest BCUT2D eigenvalue weighted by Crippen LogP contribution is 2.09. The normalized spacial score (nSPS) is 13.1. The molecule has 0 saturated carbocycles. The Hall–Kier alpha value is -0.890. The van der Waals surface area contributed by atoms with Gasteiger partial charge >= 0.3 is 0 Å². The number of rotatable bonds is 17. The van der Waals surface area contributed by atoms with Gasteiger partial charge in [0.25, 0.3) is 0 Å². The minimum absolute atomic E-state index is 0.0151. The van der Waals surface area contributed by atoms with Gasteiger partial charge in [-0.05, 0) is 57.8 Å². The van der Waals surface area contributed by atoms with Crippen LogP contribution in [-0.4, -0.2) is 17.0 Å². The van der Waals surface area contributed by atoms with Crippen LogP contribution in [0.25, 0.3) is 0 Å². The molecule has 0 aromatic heterocycles. The van der Waals surface area contributed by atoms with Crippen molar-refractivity contribution in [2.24, 2.45) is 0 Å². The van der Waals surface area contributed by atoms with Gasteiger partial charge in [-0.2, -0.15) is 0 Å². The van der Waals surface area contributed by atoms with Crippen LogP contribution in [0.1, 0.15) is 104 Å². The van der Waals surface area contributed by atoms with E-state index in [-0.39, 0.29) is 5.78 Å². The summed E-state index contributed by atoms with van der Waals surface area (Å²) in [7, 11) is 0. The Labute approximate surface area is 150 Å². The van der Waals surface area contributed by atoms with Gasteiger partial charge in [0.15, 0.2) is 5.78 Å². The lowest BCUT2D eigenvalue weighted by molar-refractivity contribution is -0.127. The number of aliphatic hydroxyl groups excluding tert-OH is 1. The Morgan fingerprint density at radius 3 is 1.71 bits per heavy atom. The Bertz CT molecular complexity index is 331. The molecule has 0 saturated heterocycles. The fourth-order valence-corrected chi connectivity index (χ4v) is 2.65. The van der Waals surface area contributed by atoms with E-state index in [0.717, 1.165) is 38.5 Å². The van der Waals surface area contributed by atoms with E-state index in [0.29, 0.717) is 12.8 Å². The average Bonchev–Trinajstić information content (AvgIpc) is 2.59. The number of aliphatic hydroxyl groups is 1. The molecule has 0 heterocycles. The SMILES string of the molecule is CCCCCC=CCCCC(=O)C(O)CCCC=CCCCCC. The molecule has 24 heavy (non-hydrogen) atoms. The molecular formula is C22H40O2. The first-order valence-electron chi connectivity index (χ1n) is 10.2. The molecule has 0 rings (SSSR count). The third kappa shape index (κ3) is 16.0. The molecule has 0 spiro atoms. The van der Waals surface area contributed by atoms with Crippen molar-refractivity contribution in [1.29, 1.82) is 0 Å². The average molecular weight is 337 g/mol. The summed E-state index contributed by atoms with van der Waals surface area (Å²) < 4.78 is 0. The standard InChI is InChI=1S/C22H40O2/c1-3-5-7-9-11-13-15-17-19-21(23)22(24)20-18-16-14-12-10-8-6-4-2/h11-14,21,23H,3-10,15-20H2,1-2H3. The number of ketones is 1. The van der Waals surface area contributed by atoms with Crippen LogP contribution in [0.5, 0.6) is 0 Å². The molecule has 140 valence electrons. The first-order valence-corrected chi connectivity index (χ1v) is 10.2. The molecule has 0 aliphatic heterocycles. The molecule has 0 fully saturated rings. The van der Waals surface area contributed by atoms with Crippen molar-refractivity contribution in [2.45, 2.75) is 110 Å². The predicted octanol–water partition coefficient (Wildman–Crippen LogP) is 6.53. The third-order valence-corrected chi connectivity index (χ3v) is 4.30. The second kappa shape index (κ2) is 18.4. The highest BCUT2D eigenvalue weighted by molar-refractivity contribution is 5.82. The number of carbonyl (C=O) groups is 1. The molecule has 2 heteroatoms. The van der Waals surface area contributed by atoms with E-state index >= 15 is 0 Å². The van der Waals surface area contributed by atoms with Gasteiger partial charge in [-0.1, -0.05) is 63.8 Å². The summed E-state index contributed by atoms with van der Waals surface area (Å²) in [5, 5.41) is 9.90. The summed E-state index contributed by atoms with van der Waals surface area (Å²) >= 11 is 0. The van der Waals surface area contributed by atoms with E-state index in [1.807, 2.05) is 0 Å². The first kappa shape index (κ1) is 23.1. The molecule has 1 N–H and O–H groups in total. The van der Waals surface area contributed by atoms with Gasteiger partial charge in [0, 0.05) is 6.42 Å². The lowest BCUT2D eigenvalue weighted by Crippen LogP contribution is -2.19. The third-order valence-electron chi connectivity index (χ3n) is 4.30. The molecule has 0 aromatic rings. The molecule has 0 aromatic carbocycles. The van der Waals surface area contributed by atoms with Gasteiger partial charge in [-0.3, -0.25) is 4.79 Å². The Morgan fingerprint density at radius 2 is 1.21 bits per heavy atom. The minimum Gasteiger partial charge on any atom is -0.385 e. The second-order valence-corrected chi connectivity index (χ2v) is 6.74. The van der Waals surface area contributed by atoms with E-state index in [4.69, 9.17) is 0 Å². The van der Waals surface area contributed by atoms with Crippen LogP contribution >= 0.6 is 0 Å². The summed E-state index contributed by atoms with van der Waals surface area (Å²) in [6.07, 6.45) is 22.8. The van der Waals surface area contributed by atoms with Crippen LogP contribution < -0.4 is 0 Å². The van der Waals surface area contributed by atoms with Crippen LogP contribution in [0.3, 0.4) is 0 Å². The van der Waals surface area contributed by atoms with E-state index in [9.17, 15) is 9.90 Å². The van der Waals surface area contributed by atoms with E-state index in [1.54, 1.807) is 0 Å². The van der Waals surface area contributed by atoms with Crippen molar-refractivity contribution < 1.29 is 9.90 Å². The number of unbranched alkanes of at least 4 members (excludes halogenated alkanes) is 8. The van der Waals surface area contributed by atoms with Gasteiger partial charge < -0.3 is 5.11 Å². The van der Waals surface area contributed by atoms with Crippen molar-refractivity contribution in [3.63, 3.8) is 0 Å². The van der Waals surface area contributed by atoms with Crippen LogP contribution in [0, 0.1) is 0 Å². The maximum Gasteiger partial charge on any atom is 0.161 e. The van der Waals surface area contributed by atoms with Gasteiger partial charge in [-0.25, -0.2) is 0 Å². The van der Waals surface area contributed by atoms with Gasteiger partial charge in [-0.15, -0.1) is 0 Å². The quantitative estimate of drug-likeness (QED) is 0.242. The summed E-state index contributed by atoms with van der Waals surface area (Å²) in [6, 6.07) is 0. The molecule has 0 aliphatic carbocycles. The Morgan fingerprint density at radius 1 is 0.750 bits per heavy atom.